The zero-order chi connectivity index (χ0) is 25.2. The molecular formula is C27H20BrCl4N3S2. The van der Waals surface area contributed by atoms with E-state index in [2.05, 4.69) is 39.5 Å². The first-order valence-corrected chi connectivity index (χ1v) is 14.4. The van der Waals surface area contributed by atoms with E-state index >= 15 is 0 Å². The molecule has 4 aromatic carbocycles. The molecule has 0 bridgehead atoms. The molecule has 0 radical (unpaired) electrons. The number of hydrogen-bond donors (Lipinski definition) is 1. The molecule has 5 rings (SSSR count). The number of aromatic nitrogens is 2. The number of imidazole rings is 1. The molecule has 0 aliphatic heterocycles. The Labute approximate surface area is 254 Å². The molecule has 10 heteroatoms. The van der Waals surface area contributed by atoms with Crippen LogP contribution in [0.15, 0.2) is 94.7 Å². The van der Waals surface area contributed by atoms with Gasteiger partial charge >= 0.3 is 5.95 Å². The van der Waals surface area contributed by atoms with E-state index in [0.717, 1.165) is 32.0 Å². The largest absolute Gasteiger partial charge is 1.00 e. The SMILES string of the molecule is Nc1n(CSc2ccc(Cl)cc2Cl)c2cc(-c3ccccc3)ccc2[n+]1CSc1ccc(Cl)cc1Cl.[Br-]. The molecule has 190 valence electrons. The third kappa shape index (κ3) is 6.39. The molecule has 0 atom stereocenters. The fraction of sp³-hybridized carbons (Fsp3) is 0.0741. The Morgan fingerprint density at radius 2 is 1.32 bits per heavy atom. The number of benzene rings is 4. The number of hydrogen-bond acceptors (Lipinski definition) is 3. The van der Waals surface area contributed by atoms with Gasteiger partial charge in [-0.3, -0.25) is 5.73 Å². The highest BCUT2D eigenvalue weighted by atomic mass is 79.9. The zero-order valence-corrected chi connectivity index (χ0v) is 25.4. The van der Waals surface area contributed by atoms with E-state index in [4.69, 9.17) is 52.1 Å². The van der Waals surface area contributed by atoms with E-state index in [1.54, 1.807) is 35.7 Å². The number of nitrogen functional groups attached to an aromatic ring is 1. The maximum Gasteiger partial charge on any atom is 0.357 e. The lowest BCUT2D eigenvalue weighted by Gasteiger charge is -2.06. The molecule has 5 aromatic rings. The summed E-state index contributed by atoms with van der Waals surface area (Å²) < 4.78 is 4.21. The number of nitrogens with zero attached hydrogens (tertiary/aromatic N) is 2. The Morgan fingerprint density at radius 1 is 0.703 bits per heavy atom. The van der Waals surface area contributed by atoms with Crippen LogP contribution in [0.5, 0.6) is 0 Å². The van der Waals surface area contributed by atoms with Gasteiger partial charge in [0, 0.05) is 19.8 Å². The van der Waals surface area contributed by atoms with Crippen LogP contribution in [0.3, 0.4) is 0 Å². The summed E-state index contributed by atoms with van der Waals surface area (Å²) in [5.41, 5.74) is 11.1. The third-order valence-electron chi connectivity index (χ3n) is 5.70. The van der Waals surface area contributed by atoms with Gasteiger partial charge in [0.1, 0.15) is 22.8 Å². The second kappa shape index (κ2) is 12.6. The lowest BCUT2D eigenvalue weighted by atomic mass is 10.1. The van der Waals surface area contributed by atoms with Crippen LogP contribution in [0, 0.1) is 0 Å². The Kier molecular flexibility index (Phi) is 9.68. The van der Waals surface area contributed by atoms with Gasteiger partial charge in [0.25, 0.3) is 0 Å². The number of thioether (sulfide) groups is 2. The summed E-state index contributed by atoms with van der Waals surface area (Å²) >= 11 is 28.2. The zero-order valence-electron chi connectivity index (χ0n) is 19.2. The normalized spacial score (nSPS) is 11.0. The fourth-order valence-electron chi connectivity index (χ4n) is 3.89. The molecular weight excluding hydrogens is 652 g/mol. The molecule has 0 aliphatic carbocycles. The summed E-state index contributed by atoms with van der Waals surface area (Å²) in [5.74, 6) is 1.82. The molecule has 0 fully saturated rings. The first-order valence-electron chi connectivity index (χ1n) is 10.9. The minimum Gasteiger partial charge on any atom is -1.00 e. The second-order valence-corrected chi connectivity index (χ2v) is 11.6. The van der Waals surface area contributed by atoms with Gasteiger partial charge in [0.05, 0.1) is 10.0 Å². The third-order valence-corrected chi connectivity index (χ3v) is 9.13. The van der Waals surface area contributed by atoms with Crippen molar-refractivity contribution in [2.75, 3.05) is 5.73 Å². The number of fused-ring (bicyclic) bond motifs is 1. The van der Waals surface area contributed by atoms with E-state index in [0.29, 0.717) is 37.8 Å². The standard InChI is InChI=1S/C27H19Cl4N3S2.BrH/c28-19-7-10-25(21(30)13-19)35-15-33-23-9-6-18(17-4-2-1-3-5-17)12-24(23)34(27(33)32)16-36-26-11-8-20(29)14-22(26)31;/h1-14,32H,15-16H2;1H. The van der Waals surface area contributed by atoms with Crippen molar-refractivity contribution in [1.29, 1.82) is 0 Å². The van der Waals surface area contributed by atoms with Crippen LogP contribution in [-0.4, -0.2) is 4.57 Å². The maximum atomic E-state index is 6.75. The smallest absolute Gasteiger partial charge is 0.357 e. The highest BCUT2D eigenvalue weighted by molar-refractivity contribution is 7.98. The van der Waals surface area contributed by atoms with Crippen molar-refractivity contribution in [1.82, 2.24) is 4.57 Å². The lowest BCUT2D eigenvalue weighted by Crippen LogP contribution is -3.00. The number of halogens is 5. The fourth-order valence-corrected chi connectivity index (χ4v) is 6.84. The Bertz CT molecular complexity index is 1560. The van der Waals surface area contributed by atoms with Crippen molar-refractivity contribution < 1.29 is 21.5 Å². The Morgan fingerprint density at radius 3 is 1.95 bits per heavy atom. The van der Waals surface area contributed by atoms with Crippen molar-refractivity contribution in [2.24, 2.45) is 0 Å². The first kappa shape index (κ1) is 28.5. The predicted molar refractivity (Wildman–Crippen MR) is 157 cm³/mol. The van der Waals surface area contributed by atoms with E-state index in [-0.39, 0.29) is 17.0 Å². The molecule has 0 saturated carbocycles. The molecule has 0 spiro atoms. The van der Waals surface area contributed by atoms with Crippen LogP contribution >= 0.6 is 69.9 Å². The van der Waals surface area contributed by atoms with E-state index in [9.17, 15) is 0 Å². The van der Waals surface area contributed by atoms with Crippen LogP contribution in [0.2, 0.25) is 20.1 Å². The summed E-state index contributed by atoms with van der Waals surface area (Å²) in [4.78, 5) is 1.88. The van der Waals surface area contributed by atoms with Gasteiger partial charge < -0.3 is 17.0 Å². The molecule has 0 amide bonds. The number of anilines is 1. The lowest BCUT2D eigenvalue weighted by molar-refractivity contribution is -0.635. The molecule has 0 aliphatic rings. The van der Waals surface area contributed by atoms with Gasteiger partial charge in [-0.15, -0.1) is 0 Å². The molecule has 1 aromatic heterocycles. The average Bonchev–Trinajstić information content (AvgIpc) is 3.13. The predicted octanol–water partition coefficient (Wildman–Crippen LogP) is 6.30. The minimum atomic E-state index is 0. The van der Waals surface area contributed by atoms with Crippen molar-refractivity contribution in [3.05, 3.63) is 105 Å². The van der Waals surface area contributed by atoms with E-state index in [1.807, 2.05) is 42.5 Å². The Balaban J connectivity index is 0.00000320. The van der Waals surface area contributed by atoms with Crippen molar-refractivity contribution >= 4 is 86.9 Å². The highest BCUT2D eigenvalue weighted by Crippen LogP contribution is 2.34. The summed E-state index contributed by atoms with van der Waals surface area (Å²) in [6.45, 7) is 0. The summed E-state index contributed by atoms with van der Waals surface area (Å²) in [6.07, 6.45) is 0. The molecule has 0 saturated heterocycles. The second-order valence-electron chi connectivity index (χ2n) is 7.98. The highest BCUT2D eigenvalue weighted by Gasteiger charge is 2.23. The molecule has 37 heavy (non-hydrogen) atoms. The summed E-state index contributed by atoms with van der Waals surface area (Å²) in [5, 5.41) is 2.46. The van der Waals surface area contributed by atoms with E-state index in [1.165, 1.54) is 0 Å². The van der Waals surface area contributed by atoms with Crippen molar-refractivity contribution in [2.45, 2.75) is 21.5 Å². The average molecular weight is 672 g/mol. The summed E-state index contributed by atoms with van der Waals surface area (Å²) in [7, 11) is 0. The molecule has 0 unspecified atom stereocenters. The van der Waals surface area contributed by atoms with Crippen molar-refractivity contribution in [3.63, 3.8) is 0 Å². The van der Waals surface area contributed by atoms with Gasteiger partial charge in [-0.05, 0) is 59.7 Å². The van der Waals surface area contributed by atoms with Crippen LogP contribution in [0.25, 0.3) is 22.2 Å². The quantitative estimate of drug-likeness (QED) is 0.163. The molecule has 1 heterocycles. The topological polar surface area (TPSA) is 34.8 Å². The van der Waals surface area contributed by atoms with Crippen LogP contribution in [-0.2, 0) is 11.8 Å². The van der Waals surface area contributed by atoms with Crippen LogP contribution < -0.4 is 27.3 Å². The van der Waals surface area contributed by atoms with Gasteiger partial charge in [-0.25, -0.2) is 9.13 Å². The number of rotatable bonds is 7. The van der Waals surface area contributed by atoms with Gasteiger partial charge in [0.15, 0.2) is 0 Å². The molecule has 3 nitrogen and oxygen atoms in total. The van der Waals surface area contributed by atoms with Gasteiger partial charge in [-0.1, -0.05) is 106 Å². The maximum absolute atomic E-state index is 6.75. The number of nitrogens with two attached hydrogens (primary N) is 1. The van der Waals surface area contributed by atoms with E-state index < -0.39 is 0 Å². The Hall–Kier alpha value is -1.51. The monoisotopic (exact) mass is 669 g/mol. The van der Waals surface area contributed by atoms with Crippen LogP contribution in [0.1, 0.15) is 0 Å². The van der Waals surface area contributed by atoms with Gasteiger partial charge in [-0.2, -0.15) is 0 Å². The minimum absolute atomic E-state index is 0. The molecule has 2 N–H and O–H groups in total. The van der Waals surface area contributed by atoms with Crippen molar-refractivity contribution in [3.8, 4) is 11.1 Å². The van der Waals surface area contributed by atoms with Gasteiger partial charge in [0.2, 0.25) is 0 Å². The summed E-state index contributed by atoms with van der Waals surface area (Å²) in [6, 6.07) is 27.8. The first-order chi connectivity index (χ1) is 17.4. The van der Waals surface area contributed by atoms with Crippen LogP contribution in [0.4, 0.5) is 5.95 Å².